The van der Waals surface area contributed by atoms with Crippen molar-refractivity contribution in [1.29, 1.82) is 0 Å². The van der Waals surface area contributed by atoms with E-state index in [1.54, 1.807) is 23.7 Å². The Bertz CT molecular complexity index is 976. The normalized spacial score (nSPS) is 17.6. The molecular formula is C20H17N3OS. The molecule has 3 aromatic rings. The maximum absolute atomic E-state index is 12.7. The molecule has 0 atom stereocenters. The monoisotopic (exact) mass is 347 g/mol. The molecule has 3 heterocycles. The van der Waals surface area contributed by atoms with E-state index in [0.29, 0.717) is 0 Å². The van der Waals surface area contributed by atoms with Gasteiger partial charge in [-0.1, -0.05) is 12.5 Å². The number of likely N-dealkylation sites (N-methyl/N-ethyl adjacent to an activating group) is 1. The lowest BCUT2D eigenvalue weighted by Gasteiger charge is -2.36. The van der Waals surface area contributed by atoms with E-state index in [4.69, 9.17) is 4.98 Å². The Morgan fingerprint density at radius 1 is 1.12 bits per heavy atom. The Morgan fingerprint density at radius 2 is 1.92 bits per heavy atom. The first-order chi connectivity index (χ1) is 12.2. The van der Waals surface area contributed by atoms with Gasteiger partial charge >= 0.3 is 0 Å². The number of benzene rings is 1. The Labute approximate surface area is 150 Å². The Balaban J connectivity index is 1.57. The van der Waals surface area contributed by atoms with Crippen LogP contribution in [0.4, 0.5) is 5.69 Å². The summed E-state index contributed by atoms with van der Waals surface area (Å²) in [7, 11) is 1.89. The van der Waals surface area contributed by atoms with Gasteiger partial charge < -0.3 is 4.90 Å². The number of anilines is 1. The first-order valence-corrected chi connectivity index (χ1v) is 9.36. The summed E-state index contributed by atoms with van der Waals surface area (Å²) in [4.78, 5) is 23.4. The van der Waals surface area contributed by atoms with Crippen LogP contribution in [0.5, 0.6) is 0 Å². The molecule has 1 fully saturated rings. The number of fused-ring (bicyclic) bond motifs is 2. The third-order valence-corrected chi connectivity index (χ3v) is 6.41. The first-order valence-electron chi connectivity index (χ1n) is 8.48. The third kappa shape index (κ3) is 2.02. The molecule has 1 aliphatic carbocycles. The van der Waals surface area contributed by atoms with Crippen LogP contribution in [0.3, 0.4) is 0 Å². The molecule has 0 saturated heterocycles. The molecule has 2 aliphatic rings. The average molecular weight is 347 g/mol. The number of amides is 1. The number of rotatable bonds is 2. The minimum Gasteiger partial charge on any atom is -0.314 e. The number of pyridine rings is 1. The van der Waals surface area contributed by atoms with Crippen LogP contribution >= 0.6 is 11.3 Å². The Kier molecular flexibility index (Phi) is 3.09. The zero-order valence-corrected chi connectivity index (χ0v) is 14.7. The van der Waals surface area contributed by atoms with E-state index in [1.165, 1.54) is 5.56 Å². The van der Waals surface area contributed by atoms with Crippen molar-refractivity contribution in [2.24, 2.45) is 0 Å². The fourth-order valence-corrected chi connectivity index (χ4v) is 4.80. The summed E-state index contributed by atoms with van der Waals surface area (Å²) in [5.74, 6) is 0.252. The summed E-state index contributed by atoms with van der Waals surface area (Å²) >= 11 is 1.64. The quantitative estimate of drug-likeness (QED) is 0.695. The molecule has 2 aromatic heterocycles. The molecule has 4 nitrogen and oxygen atoms in total. The molecule has 0 N–H and O–H groups in total. The van der Waals surface area contributed by atoms with Gasteiger partial charge in [-0.2, -0.15) is 0 Å². The van der Waals surface area contributed by atoms with Crippen molar-refractivity contribution in [2.45, 2.75) is 24.7 Å². The Morgan fingerprint density at radius 3 is 2.64 bits per heavy atom. The number of aromatic nitrogens is 2. The zero-order valence-electron chi connectivity index (χ0n) is 13.9. The van der Waals surface area contributed by atoms with Crippen molar-refractivity contribution < 1.29 is 4.79 Å². The van der Waals surface area contributed by atoms with Crippen LogP contribution in [0.15, 0.2) is 48.1 Å². The highest BCUT2D eigenvalue weighted by Gasteiger charge is 2.53. The first kappa shape index (κ1) is 14.8. The van der Waals surface area contributed by atoms with Crippen LogP contribution in [-0.4, -0.2) is 22.9 Å². The van der Waals surface area contributed by atoms with Crippen molar-refractivity contribution in [3.63, 3.8) is 0 Å². The van der Waals surface area contributed by atoms with E-state index in [2.05, 4.69) is 28.6 Å². The van der Waals surface area contributed by atoms with Crippen LogP contribution in [-0.2, 0) is 10.2 Å². The topological polar surface area (TPSA) is 46.1 Å². The van der Waals surface area contributed by atoms with Crippen LogP contribution in [0.2, 0.25) is 0 Å². The molecule has 5 heteroatoms. The third-order valence-electron chi connectivity index (χ3n) is 5.52. The second kappa shape index (κ2) is 5.23. The van der Waals surface area contributed by atoms with Crippen LogP contribution < -0.4 is 4.90 Å². The summed E-state index contributed by atoms with van der Waals surface area (Å²) in [6, 6.07) is 10.3. The predicted octanol–water partition coefficient (Wildman–Crippen LogP) is 4.27. The maximum atomic E-state index is 12.7. The van der Waals surface area contributed by atoms with E-state index in [0.717, 1.165) is 46.8 Å². The van der Waals surface area contributed by atoms with Crippen molar-refractivity contribution in [1.82, 2.24) is 9.97 Å². The molecule has 25 heavy (non-hydrogen) atoms. The molecule has 5 rings (SSSR count). The van der Waals surface area contributed by atoms with Crippen molar-refractivity contribution >= 4 is 22.9 Å². The molecule has 1 saturated carbocycles. The fraction of sp³-hybridized carbons (Fsp3) is 0.250. The summed E-state index contributed by atoms with van der Waals surface area (Å²) in [6.07, 6.45) is 6.63. The second-order valence-electron chi connectivity index (χ2n) is 6.81. The fourth-order valence-electron chi connectivity index (χ4n) is 3.96. The minimum absolute atomic E-state index is 0.252. The van der Waals surface area contributed by atoms with Gasteiger partial charge in [-0.05, 0) is 42.7 Å². The van der Waals surface area contributed by atoms with Gasteiger partial charge in [0.1, 0.15) is 5.01 Å². The van der Waals surface area contributed by atoms with Gasteiger partial charge in [-0.3, -0.25) is 9.78 Å². The van der Waals surface area contributed by atoms with Gasteiger partial charge in [0.2, 0.25) is 5.91 Å². The number of carbonyl (C=O) groups is 1. The van der Waals surface area contributed by atoms with E-state index in [-0.39, 0.29) is 11.3 Å². The van der Waals surface area contributed by atoms with E-state index in [1.807, 2.05) is 24.1 Å². The molecule has 0 radical (unpaired) electrons. The van der Waals surface area contributed by atoms with Gasteiger partial charge in [0.25, 0.3) is 0 Å². The summed E-state index contributed by atoms with van der Waals surface area (Å²) < 4.78 is 0. The standard InChI is InChI=1S/C20H17N3OS/c1-23-17-4-3-14(11-15(17)20(19(23)24)7-2-8-20)16-12-25-18(22-16)13-5-9-21-10-6-13/h3-6,9-12H,2,7-8H2,1H3. The molecule has 1 amide bonds. The lowest BCUT2D eigenvalue weighted by Crippen LogP contribution is -2.43. The number of hydrogen-bond donors (Lipinski definition) is 0. The van der Waals surface area contributed by atoms with Gasteiger partial charge in [0, 0.05) is 41.6 Å². The molecular weight excluding hydrogens is 330 g/mol. The molecule has 1 spiro atoms. The van der Waals surface area contributed by atoms with Crippen molar-refractivity contribution in [3.05, 3.63) is 53.7 Å². The predicted molar refractivity (Wildman–Crippen MR) is 99.7 cm³/mol. The van der Waals surface area contributed by atoms with E-state index < -0.39 is 0 Å². The lowest BCUT2D eigenvalue weighted by molar-refractivity contribution is -0.125. The van der Waals surface area contributed by atoms with Gasteiger partial charge in [-0.25, -0.2) is 4.98 Å². The smallest absolute Gasteiger partial charge is 0.237 e. The number of thiazole rings is 1. The minimum atomic E-state index is -0.274. The average Bonchev–Trinajstić information content (AvgIpc) is 3.18. The molecule has 0 bridgehead atoms. The number of nitrogens with zero attached hydrogens (tertiary/aromatic N) is 3. The van der Waals surface area contributed by atoms with Crippen LogP contribution in [0.25, 0.3) is 21.8 Å². The highest BCUT2D eigenvalue weighted by molar-refractivity contribution is 7.13. The summed E-state index contributed by atoms with van der Waals surface area (Å²) in [5, 5.41) is 3.08. The summed E-state index contributed by atoms with van der Waals surface area (Å²) in [5.41, 5.74) is 5.10. The highest BCUT2D eigenvalue weighted by Crippen LogP contribution is 2.53. The maximum Gasteiger partial charge on any atom is 0.237 e. The van der Waals surface area contributed by atoms with Crippen molar-refractivity contribution in [2.75, 3.05) is 11.9 Å². The SMILES string of the molecule is CN1C(=O)C2(CCC2)c2cc(-c3csc(-c4ccncc4)n3)ccc21. The van der Waals surface area contributed by atoms with Crippen LogP contribution in [0.1, 0.15) is 24.8 Å². The molecule has 1 aliphatic heterocycles. The zero-order chi connectivity index (χ0) is 17.0. The van der Waals surface area contributed by atoms with Gasteiger partial charge in [0.15, 0.2) is 0 Å². The number of carbonyl (C=O) groups excluding carboxylic acids is 1. The van der Waals surface area contributed by atoms with Crippen LogP contribution in [0, 0.1) is 0 Å². The number of hydrogen-bond acceptors (Lipinski definition) is 4. The van der Waals surface area contributed by atoms with Gasteiger partial charge in [0.05, 0.1) is 11.1 Å². The summed E-state index contributed by atoms with van der Waals surface area (Å²) in [6.45, 7) is 0. The van der Waals surface area contributed by atoms with E-state index in [9.17, 15) is 4.79 Å². The molecule has 124 valence electrons. The second-order valence-corrected chi connectivity index (χ2v) is 7.66. The van der Waals surface area contributed by atoms with Crippen molar-refractivity contribution in [3.8, 4) is 21.8 Å². The Hall–Kier alpha value is -2.53. The largest absolute Gasteiger partial charge is 0.314 e. The molecule has 0 unspecified atom stereocenters. The lowest BCUT2D eigenvalue weighted by atomic mass is 9.65. The molecule has 1 aromatic carbocycles. The van der Waals surface area contributed by atoms with E-state index >= 15 is 0 Å². The van der Waals surface area contributed by atoms with Gasteiger partial charge in [-0.15, -0.1) is 11.3 Å². The highest BCUT2D eigenvalue weighted by atomic mass is 32.1.